The van der Waals surface area contributed by atoms with Crippen LogP contribution in [-0.2, 0) is 4.79 Å². The maximum absolute atomic E-state index is 12.6. The number of benzene rings is 1. The van der Waals surface area contributed by atoms with E-state index in [0.717, 1.165) is 11.1 Å². The number of amides is 1. The number of nitrogens with two attached hydrogens (primary N) is 1. The Morgan fingerprint density at radius 2 is 1.84 bits per heavy atom. The standard InChI is InChI=1S/C13H17F3N2O/c1-8-6-4-5-7-10(8)9(2)18-11(19)12(3,17)13(14,15)16/h4-7,9H,17H2,1-3H3,(H,18,19)/t9-,12?/m1/s1. The quantitative estimate of drug-likeness (QED) is 0.889. The van der Waals surface area contributed by atoms with Crippen LogP contribution in [0.1, 0.15) is 31.0 Å². The molecule has 0 aliphatic carbocycles. The van der Waals surface area contributed by atoms with E-state index in [0.29, 0.717) is 6.92 Å². The van der Waals surface area contributed by atoms with E-state index in [4.69, 9.17) is 5.73 Å². The van der Waals surface area contributed by atoms with Crippen LogP contribution in [0.5, 0.6) is 0 Å². The molecule has 6 heteroatoms. The lowest BCUT2D eigenvalue weighted by Gasteiger charge is -2.28. The molecule has 0 bridgehead atoms. The van der Waals surface area contributed by atoms with Gasteiger partial charge >= 0.3 is 6.18 Å². The van der Waals surface area contributed by atoms with Crippen molar-refractivity contribution >= 4 is 5.91 Å². The van der Waals surface area contributed by atoms with Gasteiger partial charge in [0.1, 0.15) is 0 Å². The molecule has 0 fully saturated rings. The lowest BCUT2D eigenvalue weighted by Crippen LogP contribution is -2.61. The van der Waals surface area contributed by atoms with E-state index in [1.165, 1.54) is 0 Å². The summed E-state index contributed by atoms with van der Waals surface area (Å²) in [5.41, 5.74) is 3.81. The summed E-state index contributed by atoms with van der Waals surface area (Å²) in [6, 6.07) is 6.61. The summed E-state index contributed by atoms with van der Waals surface area (Å²) >= 11 is 0. The zero-order chi connectivity index (χ0) is 14.8. The summed E-state index contributed by atoms with van der Waals surface area (Å²) in [5, 5.41) is 2.30. The molecule has 0 heterocycles. The third kappa shape index (κ3) is 3.26. The Hall–Kier alpha value is -1.56. The third-order valence-electron chi connectivity index (χ3n) is 3.06. The van der Waals surface area contributed by atoms with E-state index in [1.54, 1.807) is 19.1 Å². The molecule has 19 heavy (non-hydrogen) atoms. The molecule has 3 nitrogen and oxygen atoms in total. The fourth-order valence-corrected chi connectivity index (χ4v) is 1.63. The van der Waals surface area contributed by atoms with Gasteiger partial charge in [-0.15, -0.1) is 0 Å². The minimum absolute atomic E-state index is 0.543. The number of carbonyl (C=O) groups excluding carboxylic acids is 1. The molecule has 1 amide bonds. The van der Waals surface area contributed by atoms with Crippen LogP contribution in [0.25, 0.3) is 0 Å². The van der Waals surface area contributed by atoms with Crippen LogP contribution in [0, 0.1) is 6.92 Å². The highest BCUT2D eigenvalue weighted by Crippen LogP contribution is 2.29. The highest BCUT2D eigenvalue weighted by Gasteiger charge is 2.54. The van der Waals surface area contributed by atoms with Crippen LogP contribution in [0.4, 0.5) is 13.2 Å². The summed E-state index contributed by atoms with van der Waals surface area (Å²) in [7, 11) is 0. The number of nitrogens with one attached hydrogen (secondary N) is 1. The lowest BCUT2D eigenvalue weighted by atomic mass is 9.99. The van der Waals surface area contributed by atoms with Crippen LogP contribution >= 0.6 is 0 Å². The van der Waals surface area contributed by atoms with Crippen molar-refractivity contribution in [2.24, 2.45) is 5.73 Å². The first kappa shape index (κ1) is 15.5. The highest BCUT2D eigenvalue weighted by atomic mass is 19.4. The summed E-state index contributed by atoms with van der Waals surface area (Å²) in [6.45, 7) is 4.10. The molecule has 1 aromatic rings. The van der Waals surface area contributed by atoms with E-state index >= 15 is 0 Å². The van der Waals surface area contributed by atoms with Gasteiger partial charge in [0.25, 0.3) is 0 Å². The first-order chi connectivity index (χ1) is 8.57. The van der Waals surface area contributed by atoms with Crippen molar-refractivity contribution in [3.05, 3.63) is 35.4 Å². The van der Waals surface area contributed by atoms with Gasteiger partial charge in [-0.1, -0.05) is 24.3 Å². The second-order valence-corrected chi connectivity index (χ2v) is 4.75. The number of halogens is 3. The first-order valence-corrected chi connectivity index (χ1v) is 5.79. The van der Waals surface area contributed by atoms with Gasteiger partial charge in [0, 0.05) is 0 Å². The molecule has 0 saturated carbocycles. The Bertz CT molecular complexity index is 469. The topological polar surface area (TPSA) is 55.1 Å². The number of hydrogen-bond acceptors (Lipinski definition) is 2. The zero-order valence-electron chi connectivity index (χ0n) is 11.0. The van der Waals surface area contributed by atoms with Crippen LogP contribution in [0.3, 0.4) is 0 Å². The Morgan fingerprint density at radius 1 is 1.32 bits per heavy atom. The predicted molar refractivity (Wildman–Crippen MR) is 66.4 cm³/mol. The average molecular weight is 274 g/mol. The molecule has 3 N–H and O–H groups in total. The molecular weight excluding hydrogens is 257 g/mol. The van der Waals surface area contributed by atoms with E-state index in [1.807, 2.05) is 19.1 Å². The lowest BCUT2D eigenvalue weighted by molar-refractivity contribution is -0.187. The van der Waals surface area contributed by atoms with Crippen LogP contribution in [0.2, 0.25) is 0 Å². The average Bonchev–Trinajstić information content (AvgIpc) is 2.27. The van der Waals surface area contributed by atoms with E-state index in [9.17, 15) is 18.0 Å². The van der Waals surface area contributed by atoms with Gasteiger partial charge in [-0.05, 0) is 31.9 Å². The fraction of sp³-hybridized carbons (Fsp3) is 0.462. The Morgan fingerprint density at radius 3 is 2.32 bits per heavy atom. The van der Waals surface area contributed by atoms with Gasteiger partial charge in [0.05, 0.1) is 6.04 Å². The van der Waals surface area contributed by atoms with Gasteiger partial charge in [-0.3, -0.25) is 4.79 Å². The van der Waals surface area contributed by atoms with Crippen LogP contribution in [-0.4, -0.2) is 17.6 Å². The normalized spacial score (nSPS) is 16.6. The Labute approximate surface area is 110 Å². The maximum Gasteiger partial charge on any atom is 0.415 e. The molecule has 1 unspecified atom stereocenters. The summed E-state index contributed by atoms with van der Waals surface area (Å²) < 4.78 is 37.9. The van der Waals surface area contributed by atoms with Crippen molar-refractivity contribution in [1.29, 1.82) is 0 Å². The van der Waals surface area contributed by atoms with E-state index in [2.05, 4.69) is 5.32 Å². The zero-order valence-corrected chi connectivity index (χ0v) is 11.0. The molecule has 0 spiro atoms. The van der Waals surface area contributed by atoms with Gasteiger partial charge in [-0.2, -0.15) is 13.2 Å². The molecule has 1 rings (SSSR count). The Balaban J connectivity index is 2.87. The monoisotopic (exact) mass is 274 g/mol. The predicted octanol–water partition coefficient (Wildman–Crippen LogP) is 2.45. The smallest absolute Gasteiger partial charge is 0.348 e. The second-order valence-electron chi connectivity index (χ2n) is 4.75. The molecule has 0 radical (unpaired) electrons. The number of aryl methyl sites for hydroxylation is 1. The van der Waals surface area contributed by atoms with Crippen molar-refractivity contribution in [2.75, 3.05) is 0 Å². The van der Waals surface area contributed by atoms with Gasteiger partial charge in [0.2, 0.25) is 5.91 Å². The minimum Gasteiger partial charge on any atom is -0.348 e. The van der Waals surface area contributed by atoms with E-state index in [-0.39, 0.29) is 0 Å². The molecule has 2 atom stereocenters. The van der Waals surface area contributed by atoms with Crippen molar-refractivity contribution < 1.29 is 18.0 Å². The van der Waals surface area contributed by atoms with Crippen LogP contribution < -0.4 is 11.1 Å². The number of carbonyl (C=O) groups is 1. The minimum atomic E-state index is -4.79. The molecule has 106 valence electrons. The highest BCUT2D eigenvalue weighted by molar-refractivity contribution is 5.87. The van der Waals surface area contributed by atoms with Gasteiger partial charge in [0.15, 0.2) is 5.54 Å². The summed E-state index contributed by atoms with van der Waals surface area (Å²) in [6.07, 6.45) is -4.79. The van der Waals surface area contributed by atoms with Crippen molar-refractivity contribution in [3.8, 4) is 0 Å². The number of rotatable bonds is 3. The fourth-order valence-electron chi connectivity index (χ4n) is 1.63. The second kappa shape index (κ2) is 5.21. The maximum atomic E-state index is 12.6. The molecular formula is C13H17F3N2O. The number of hydrogen-bond donors (Lipinski definition) is 2. The Kier molecular flexibility index (Phi) is 4.25. The van der Waals surface area contributed by atoms with Crippen molar-refractivity contribution in [3.63, 3.8) is 0 Å². The molecule has 0 aliphatic rings. The molecule has 1 aromatic carbocycles. The first-order valence-electron chi connectivity index (χ1n) is 5.79. The van der Waals surface area contributed by atoms with Crippen LogP contribution in [0.15, 0.2) is 24.3 Å². The summed E-state index contributed by atoms with van der Waals surface area (Å²) in [5.74, 6) is -1.24. The largest absolute Gasteiger partial charge is 0.415 e. The molecule has 0 aliphatic heterocycles. The van der Waals surface area contributed by atoms with E-state index < -0.39 is 23.7 Å². The third-order valence-corrected chi connectivity index (χ3v) is 3.06. The van der Waals surface area contributed by atoms with Crippen molar-refractivity contribution in [2.45, 2.75) is 38.5 Å². The van der Waals surface area contributed by atoms with Crippen molar-refractivity contribution in [1.82, 2.24) is 5.32 Å². The van der Waals surface area contributed by atoms with Gasteiger partial charge < -0.3 is 11.1 Å². The summed E-state index contributed by atoms with van der Waals surface area (Å²) in [4.78, 5) is 11.7. The SMILES string of the molecule is Cc1ccccc1[C@@H](C)NC(=O)C(C)(N)C(F)(F)F. The number of alkyl halides is 3. The molecule has 0 saturated heterocycles. The van der Waals surface area contributed by atoms with Gasteiger partial charge in [-0.25, -0.2) is 0 Å². The molecule has 0 aromatic heterocycles.